The molecule has 0 aliphatic carbocycles. The van der Waals surface area contributed by atoms with Gasteiger partial charge >= 0.3 is 0 Å². The summed E-state index contributed by atoms with van der Waals surface area (Å²) in [5.41, 5.74) is 1.46. The minimum Gasteiger partial charge on any atom is -0.457 e. The van der Waals surface area contributed by atoms with Crippen molar-refractivity contribution in [1.82, 2.24) is 0 Å². The molecular weight excluding hydrogens is 352 g/mol. The van der Waals surface area contributed by atoms with Gasteiger partial charge in [-0.1, -0.05) is 36.4 Å². The molecule has 28 heavy (non-hydrogen) atoms. The summed E-state index contributed by atoms with van der Waals surface area (Å²) in [7, 11) is 0. The van der Waals surface area contributed by atoms with Gasteiger partial charge in [0.1, 0.15) is 11.5 Å². The van der Waals surface area contributed by atoms with Crippen LogP contribution in [0.25, 0.3) is 0 Å². The fourth-order valence-electron chi connectivity index (χ4n) is 2.75. The van der Waals surface area contributed by atoms with Crippen LogP contribution in [-0.2, 0) is 9.59 Å². The minimum atomic E-state index is -0.138. The predicted octanol–water partition coefficient (Wildman–Crippen LogP) is 4.86. The lowest BCUT2D eigenvalue weighted by molar-refractivity contribution is -0.117. The van der Waals surface area contributed by atoms with Crippen molar-refractivity contribution in [3.8, 4) is 11.5 Å². The Bertz CT molecular complexity index is 910. The van der Waals surface area contributed by atoms with Gasteiger partial charge in [0.2, 0.25) is 11.8 Å². The summed E-state index contributed by atoms with van der Waals surface area (Å²) in [6.45, 7) is 1.79. The second-order valence-electron chi connectivity index (χ2n) is 6.24. The van der Waals surface area contributed by atoms with Crippen molar-refractivity contribution in [3.05, 3.63) is 84.9 Å². The van der Waals surface area contributed by atoms with Crippen molar-refractivity contribution < 1.29 is 14.3 Å². The van der Waals surface area contributed by atoms with Gasteiger partial charge in [0.25, 0.3) is 0 Å². The molecule has 0 heterocycles. The smallest absolute Gasteiger partial charge is 0.226 e. The van der Waals surface area contributed by atoms with E-state index in [1.165, 1.54) is 6.92 Å². The lowest BCUT2D eigenvalue weighted by Crippen LogP contribution is -2.31. The Kier molecular flexibility index (Phi) is 6.41. The number of anilines is 2. The van der Waals surface area contributed by atoms with Crippen molar-refractivity contribution in [2.45, 2.75) is 13.3 Å². The number of ether oxygens (including phenoxy) is 1. The van der Waals surface area contributed by atoms with Gasteiger partial charge < -0.3 is 15.0 Å². The van der Waals surface area contributed by atoms with Crippen molar-refractivity contribution in [1.29, 1.82) is 0 Å². The molecule has 5 heteroatoms. The number of amides is 2. The number of nitrogens with one attached hydrogen (secondary N) is 1. The highest BCUT2D eigenvalue weighted by atomic mass is 16.5. The van der Waals surface area contributed by atoms with Crippen molar-refractivity contribution in [3.63, 3.8) is 0 Å². The summed E-state index contributed by atoms with van der Waals surface area (Å²) < 4.78 is 5.77. The van der Waals surface area contributed by atoms with E-state index in [1.54, 1.807) is 4.90 Å². The van der Waals surface area contributed by atoms with E-state index in [0.717, 1.165) is 17.1 Å². The molecule has 0 spiro atoms. The molecule has 0 aliphatic rings. The highest BCUT2D eigenvalue weighted by Crippen LogP contribution is 2.24. The molecule has 3 rings (SSSR count). The first kappa shape index (κ1) is 19.2. The van der Waals surface area contributed by atoms with Gasteiger partial charge in [-0.3, -0.25) is 9.59 Å². The molecule has 0 atom stereocenters. The Balaban J connectivity index is 1.60. The van der Waals surface area contributed by atoms with Gasteiger partial charge in [0.15, 0.2) is 0 Å². The summed E-state index contributed by atoms with van der Waals surface area (Å²) in [6.07, 6.45) is 0.205. The highest BCUT2D eigenvalue weighted by molar-refractivity contribution is 5.94. The van der Waals surface area contributed by atoms with Crippen molar-refractivity contribution in [2.24, 2.45) is 0 Å². The Morgan fingerprint density at radius 2 is 1.39 bits per heavy atom. The van der Waals surface area contributed by atoms with E-state index < -0.39 is 0 Å². The molecule has 0 saturated carbocycles. The van der Waals surface area contributed by atoms with Crippen LogP contribution in [0.4, 0.5) is 11.4 Å². The number of carbonyl (C=O) groups excluding carboxylic acids is 2. The van der Waals surface area contributed by atoms with Gasteiger partial charge in [-0.2, -0.15) is 0 Å². The van der Waals surface area contributed by atoms with E-state index in [1.807, 2.05) is 84.9 Å². The molecule has 0 saturated heterocycles. The lowest BCUT2D eigenvalue weighted by Gasteiger charge is -2.21. The molecule has 3 aromatic carbocycles. The van der Waals surface area contributed by atoms with Crippen LogP contribution in [0, 0.1) is 0 Å². The van der Waals surface area contributed by atoms with Gasteiger partial charge in [0, 0.05) is 31.3 Å². The standard InChI is InChI=1S/C23H22N2O3/c1-18(26)25(17-16-23(27)24-19-8-4-2-5-9-19)20-12-14-22(15-13-20)28-21-10-6-3-7-11-21/h2-15H,16-17H2,1H3,(H,24,27). The van der Waals surface area contributed by atoms with E-state index in [-0.39, 0.29) is 18.2 Å². The molecule has 2 amide bonds. The van der Waals surface area contributed by atoms with Crippen LogP contribution >= 0.6 is 0 Å². The molecule has 0 unspecified atom stereocenters. The second kappa shape index (κ2) is 9.37. The zero-order valence-electron chi connectivity index (χ0n) is 15.7. The zero-order chi connectivity index (χ0) is 19.8. The topological polar surface area (TPSA) is 58.6 Å². The summed E-state index contributed by atoms with van der Waals surface area (Å²) in [5, 5.41) is 2.83. The molecule has 0 aliphatic heterocycles. The Labute approximate surface area is 164 Å². The molecule has 1 N–H and O–H groups in total. The quantitative estimate of drug-likeness (QED) is 0.642. The first-order valence-corrected chi connectivity index (χ1v) is 9.08. The van der Waals surface area contributed by atoms with Crippen LogP contribution in [0.1, 0.15) is 13.3 Å². The van der Waals surface area contributed by atoms with Crippen molar-refractivity contribution in [2.75, 3.05) is 16.8 Å². The van der Waals surface area contributed by atoms with Crippen LogP contribution < -0.4 is 15.0 Å². The van der Waals surface area contributed by atoms with E-state index in [0.29, 0.717) is 12.3 Å². The average Bonchev–Trinajstić information content (AvgIpc) is 2.71. The maximum atomic E-state index is 12.2. The number of rotatable bonds is 7. The number of nitrogens with zero attached hydrogens (tertiary/aromatic N) is 1. The van der Waals surface area contributed by atoms with Crippen LogP contribution in [0.5, 0.6) is 11.5 Å². The van der Waals surface area contributed by atoms with E-state index in [4.69, 9.17) is 4.74 Å². The number of hydrogen-bond acceptors (Lipinski definition) is 3. The molecule has 0 aromatic heterocycles. The van der Waals surface area contributed by atoms with Crippen LogP contribution in [0.3, 0.4) is 0 Å². The van der Waals surface area contributed by atoms with Crippen LogP contribution in [0.2, 0.25) is 0 Å². The van der Waals surface area contributed by atoms with Gasteiger partial charge in [-0.15, -0.1) is 0 Å². The summed E-state index contributed by atoms with van der Waals surface area (Å²) in [5.74, 6) is 1.17. The summed E-state index contributed by atoms with van der Waals surface area (Å²) in [6, 6.07) is 26.0. The molecular formula is C23H22N2O3. The van der Waals surface area contributed by atoms with Gasteiger partial charge in [-0.25, -0.2) is 0 Å². The third kappa shape index (κ3) is 5.45. The fourth-order valence-corrected chi connectivity index (χ4v) is 2.75. The van der Waals surface area contributed by atoms with E-state index in [9.17, 15) is 9.59 Å². The Hall–Kier alpha value is -3.60. The predicted molar refractivity (Wildman–Crippen MR) is 111 cm³/mol. The molecule has 0 bridgehead atoms. The third-order valence-electron chi connectivity index (χ3n) is 4.13. The second-order valence-corrected chi connectivity index (χ2v) is 6.24. The SMILES string of the molecule is CC(=O)N(CCC(=O)Nc1ccccc1)c1ccc(Oc2ccccc2)cc1. The molecule has 5 nitrogen and oxygen atoms in total. The van der Waals surface area contributed by atoms with Gasteiger partial charge in [0.05, 0.1) is 0 Å². The first-order chi connectivity index (χ1) is 13.6. The largest absolute Gasteiger partial charge is 0.457 e. The number of benzene rings is 3. The fraction of sp³-hybridized carbons (Fsp3) is 0.130. The monoisotopic (exact) mass is 374 g/mol. The molecule has 3 aromatic rings. The maximum Gasteiger partial charge on any atom is 0.226 e. The van der Waals surface area contributed by atoms with E-state index in [2.05, 4.69) is 5.32 Å². The van der Waals surface area contributed by atoms with E-state index >= 15 is 0 Å². The lowest BCUT2D eigenvalue weighted by atomic mass is 10.2. The van der Waals surface area contributed by atoms with Crippen molar-refractivity contribution >= 4 is 23.2 Å². The van der Waals surface area contributed by atoms with Crippen LogP contribution in [-0.4, -0.2) is 18.4 Å². The molecule has 142 valence electrons. The van der Waals surface area contributed by atoms with Crippen LogP contribution in [0.15, 0.2) is 84.9 Å². The number of hydrogen-bond donors (Lipinski definition) is 1. The third-order valence-corrected chi connectivity index (χ3v) is 4.13. The summed E-state index contributed by atoms with van der Waals surface area (Å²) in [4.78, 5) is 25.8. The molecule has 0 radical (unpaired) electrons. The number of carbonyl (C=O) groups is 2. The normalized spacial score (nSPS) is 10.2. The maximum absolute atomic E-state index is 12.2. The first-order valence-electron chi connectivity index (χ1n) is 9.08. The average molecular weight is 374 g/mol. The number of para-hydroxylation sites is 2. The Morgan fingerprint density at radius 1 is 0.821 bits per heavy atom. The minimum absolute atomic E-state index is 0.121. The van der Waals surface area contributed by atoms with Gasteiger partial charge in [-0.05, 0) is 48.5 Å². The highest BCUT2D eigenvalue weighted by Gasteiger charge is 2.14. The zero-order valence-corrected chi connectivity index (χ0v) is 15.7. The summed E-state index contributed by atoms with van der Waals surface area (Å²) >= 11 is 0. The Morgan fingerprint density at radius 3 is 2.00 bits per heavy atom. The molecule has 0 fully saturated rings.